The average Bonchev–Trinajstić information content (AvgIpc) is 3.34. The molecule has 0 bridgehead atoms. The van der Waals surface area contributed by atoms with Crippen LogP contribution in [0.1, 0.15) is 44.9 Å². The van der Waals surface area contributed by atoms with Crippen LogP contribution in [-0.2, 0) is 16.1 Å². The zero-order valence-electron chi connectivity index (χ0n) is 21.7. The summed E-state index contributed by atoms with van der Waals surface area (Å²) in [4.78, 5) is 11.2. The summed E-state index contributed by atoms with van der Waals surface area (Å²) in [6.07, 6.45) is 11.1. The highest BCUT2D eigenvalue weighted by Gasteiger charge is 2.21. The van der Waals surface area contributed by atoms with Gasteiger partial charge in [-0.2, -0.15) is 5.10 Å². The van der Waals surface area contributed by atoms with Crippen LogP contribution in [0.3, 0.4) is 0 Å². The summed E-state index contributed by atoms with van der Waals surface area (Å²) in [6, 6.07) is 31.7. The van der Waals surface area contributed by atoms with Crippen molar-refractivity contribution in [3.05, 3.63) is 103 Å². The Kier molecular flexibility index (Phi) is 9.88. The number of hydrogen-bond acceptors (Lipinski definition) is 3. The number of carbonyl (C=O) groups is 1. The second-order valence-electron chi connectivity index (χ2n) is 9.18. The Bertz CT molecular complexity index is 1260. The minimum atomic E-state index is -0.132. The predicted molar refractivity (Wildman–Crippen MR) is 152 cm³/mol. The number of unbranched alkanes of at least 4 members (excludes halogenated alkanes) is 4. The standard InChI is InChI=1S/C33H36N2O2/c1-37-30(36)25-17-6-4-2-3-5-7-18-26-35-33(29-23-15-10-16-24-29)31(27-19-11-8-12-20-27)32(34-35)28-21-13-9-14-22-28/h2,4,8-16,19-24H,3,5-7,17-18,25-26H2,1H3/b4-2+. The summed E-state index contributed by atoms with van der Waals surface area (Å²) >= 11 is 0. The van der Waals surface area contributed by atoms with E-state index < -0.39 is 0 Å². The summed E-state index contributed by atoms with van der Waals surface area (Å²) in [5.41, 5.74) is 6.90. The first-order chi connectivity index (χ1) is 18.3. The maximum absolute atomic E-state index is 11.2. The molecule has 0 amide bonds. The van der Waals surface area contributed by atoms with Gasteiger partial charge in [-0.15, -0.1) is 0 Å². The fourth-order valence-corrected chi connectivity index (χ4v) is 4.59. The zero-order chi connectivity index (χ0) is 25.7. The third kappa shape index (κ3) is 7.29. The highest BCUT2D eigenvalue weighted by molar-refractivity contribution is 5.91. The summed E-state index contributed by atoms with van der Waals surface area (Å²) in [5.74, 6) is -0.132. The molecule has 0 spiro atoms. The van der Waals surface area contributed by atoms with Crippen molar-refractivity contribution in [2.45, 2.75) is 51.5 Å². The highest BCUT2D eigenvalue weighted by Crippen LogP contribution is 2.40. The summed E-state index contributed by atoms with van der Waals surface area (Å²) in [5, 5.41) is 5.19. The lowest BCUT2D eigenvalue weighted by Gasteiger charge is -2.11. The smallest absolute Gasteiger partial charge is 0.305 e. The zero-order valence-corrected chi connectivity index (χ0v) is 21.7. The first kappa shape index (κ1) is 26.2. The molecule has 190 valence electrons. The van der Waals surface area contributed by atoms with Gasteiger partial charge in [0.25, 0.3) is 0 Å². The van der Waals surface area contributed by atoms with Gasteiger partial charge in [-0.1, -0.05) is 110 Å². The van der Waals surface area contributed by atoms with Crippen LogP contribution >= 0.6 is 0 Å². The molecule has 0 fully saturated rings. The molecule has 0 atom stereocenters. The minimum Gasteiger partial charge on any atom is -0.469 e. The second-order valence-corrected chi connectivity index (χ2v) is 9.18. The lowest BCUT2D eigenvalue weighted by molar-refractivity contribution is -0.140. The van der Waals surface area contributed by atoms with Crippen molar-refractivity contribution in [3.63, 3.8) is 0 Å². The Hall–Kier alpha value is -3.92. The molecule has 0 saturated carbocycles. The van der Waals surface area contributed by atoms with Crippen LogP contribution in [0.4, 0.5) is 0 Å². The number of methoxy groups -OCH3 is 1. The van der Waals surface area contributed by atoms with Gasteiger partial charge in [-0.05, 0) is 37.7 Å². The molecule has 0 unspecified atom stereocenters. The van der Waals surface area contributed by atoms with E-state index >= 15 is 0 Å². The number of hydrogen-bond donors (Lipinski definition) is 0. The number of carbonyl (C=O) groups excluding carboxylic acids is 1. The Balaban J connectivity index is 1.49. The van der Waals surface area contributed by atoms with Crippen molar-refractivity contribution in [2.75, 3.05) is 7.11 Å². The van der Waals surface area contributed by atoms with E-state index in [1.54, 1.807) is 0 Å². The molecule has 4 rings (SSSR count). The van der Waals surface area contributed by atoms with E-state index in [-0.39, 0.29) is 5.97 Å². The number of esters is 1. The molecule has 4 heteroatoms. The maximum Gasteiger partial charge on any atom is 0.305 e. The highest BCUT2D eigenvalue weighted by atomic mass is 16.5. The Morgan fingerprint density at radius 3 is 1.92 bits per heavy atom. The van der Waals surface area contributed by atoms with E-state index in [0.717, 1.165) is 56.3 Å². The van der Waals surface area contributed by atoms with Crippen LogP contribution in [0.5, 0.6) is 0 Å². The van der Waals surface area contributed by atoms with E-state index in [0.29, 0.717) is 6.42 Å². The molecular formula is C33H36N2O2. The van der Waals surface area contributed by atoms with E-state index in [2.05, 4.69) is 106 Å². The van der Waals surface area contributed by atoms with Crippen LogP contribution < -0.4 is 0 Å². The largest absolute Gasteiger partial charge is 0.469 e. The quantitative estimate of drug-likeness (QED) is 0.107. The van der Waals surface area contributed by atoms with Gasteiger partial charge in [0.15, 0.2) is 0 Å². The number of aromatic nitrogens is 2. The summed E-state index contributed by atoms with van der Waals surface area (Å²) in [7, 11) is 1.44. The van der Waals surface area contributed by atoms with Crippen LogP contribution in [-0.4, -0.2) is 22.9 Å². The molecule has 0 N–H and O–H groups in total. The fraction of sp³-hybridized carbons (Fsp3) is 0.273. The molecule has 0 radical (unpaired) electrons. The average molecular weight is 493 g/mol. The lowest BCUT2D eigenvalue weighted by atomic mass is 9.96. The van der Waals surface area contributed by atoms with Gasteiger partial charge in [0.05, 0.1) is 12.8 Å². The maximum atomic E-state index is 11.2. The van der Waals surface area contributed by atoms with Gasteiger partial charge in [-0.3, -0.25) is 9.48 Å². The van der Waals surface area contributed by atoms with E-state index in [1.165, 1.54) is 29.5 Å². The van der Waals surface area contributed by atoms with Crippen molar-refractivity contribution in [2.24, 2.45) is 0 Å². The van der Waals surface area contributed by atoms with Gasteiger partial charge >= 0.3 is 5.97 Å². The molecule has 3 aromatic carbocycles. The monoisotopic (exact) mass is 492 g/mol. The van der Waals surface area contributed by atoms with Gasteiger partial charge in [0.2, 0.25) is 0 Å². The molecule has 4 nitrogen and oxygen atoms in total. The van der Waals surface area contributed by atoms with Crippen LogP contribution in [0, 0.1) is 0 Å². The molecule has 1 heterocycles. The number of rotatable bonds is 13. The molecule has 4 aromatic rings. The summed E-state index contributed by atoms with van der Waals surface area (Å²) < 4.78 is 6.90. The predicted octanol–water partition coefficient (Wildman–Crippen LogP) is 8.34. The summed E-state index contributed by atoms with van der Waals surface area (Å²) in [6.45, 7) is 0.875. The van der Waals surface area contributed by atoms with Crippen LogP contribution in [0.15, 0.2) is 103 Å². The number of ether oxygens (including phenoxy) is 1. The molecule has 0 aliphatic heterocycles. The first-order valence-corrected chi connectivity index (χ1v) is 13.3. The third-order valence-corrected chi connectivity index (χ3v) is 6.50. The number of benzene rings is 3. The van der Waals surface area contributed by atoms with Gasteiger partial charge in [0.1, 0.15) is 5.69 Å². The Morgan fingerprint density at radius 1 is 0.730 bits per heavy atom. The van der Waals surface area contributed by atoms with Gasteiger partial charge in [-0.25, -0.2) is 0 Å². The third-order valence-electron chi connectivity index (χ3n) is 6.50. The molecule has 37 heavy (non-hydrogen) atoms. The van der Waals surface area contributed by atoms with Gasteiger partial charge < -0.3 is 4.74 Å². The lowest BCUT2D eigenvalue weighted by Crippen LogP contribution is -2.03. The van der Waals surface area contributed by atoms with Crippen molar-refractivity contribution in [1.82, 2.24) is 9.78 Å². The van der Waals surface area contributed by atoms with Crippen LogP contribution in [0.25, 0.3) is 33.6 Å². The van der Waals surface area contributed by atoms with Crippen molar-refractivity contribution < 1.29 is 9.53 Å². The van der Waals surface area contributed by atoms with Crippen LogP contribution in [0.2, 0.25) is 0 Å². The minimum absolute atomic E-state index is 0.132. The molecular weight excluding hydrogens is 456 g/mol. The Morgan fingerprint density at radius 2 is 1.30 bits per heavy atom. The van der Waals surface area contributed by atoms with E-state index in [4.69, 9.17) is 5.10 Å². The SMILES string of the molecule is COC(=O)CCC/C=C/CCCCCn1nc(-c2ccccc2)c(-c2ccccc2)c1-c1ccccc1. The van der Waals surface area contributed by atoms with E-state index in [9.17, 15) is 4.79 Å². The van der Waals surface area contributed by atoms with Crippen molar-refractivity contribution in [1.29, 1.82) is 0 Å². The van der Waals surface area contributed by atoms with Crippen molar-refractivity contribution >= 4 is 5.97 Å². The number of allylic oxidation sites excluding steroid dienone is 2. The Labute approximate surface area is 220 Å². The van der Waals surface area contributed by atoms with Crippen molar-refractivity contribution in [3.8, 4) is 33.6 Å². The second kappa shape index (κ2) is 14.0. The molecule has 0 aliphatic rings. The topological polar surface area (TPSA) is 44.1 Å². The molecule has 1 aromatic heterocycles. The van der Waals surface area contributed by atoms with E-state index in [1.807, 2.05) is 6.07 Å². The number of nitrogens with zero attached hydrogens (tertiary/aromatic N) is 2. The first-order valence-electron chi connectivity index (χ1n) is 13.3. The number of aryl methyl sites for hydroxylation is 1. The van der Waals surface area contributed by atoms with Gasteiger partial charge in [0, 0.05) is 29.7 Å². The normalized spacial score (nSPS) is 11.2. The molecule has 0 aliphatic carbocycles. The molecule has 0 saturated heterocycles. The fourth-order valence-electron chi connectivity index (χ4n) is 4.59.